The van der Waals surface area contributed by atoms with Crippen LogP contribution in [0, 0.1) is 17.8 Å². The SMILES string of the molecule is C=CCC(NC(=O)C1CC2CCC1C2)C(=O)O. The summed E-state index contributed by atoms with van der Waals surface area (Å²) in [4.78, 5) is 23.0. The summed E-state index contributed by atoms with van der Waals surface area (Å²) in [5, 5.41) is 11.6. The minimum Gasteiger partial charge on any atom is -0.480 e. The van der Waals surface area contributed by atoms with Crippen LogP contribution in [0.1, 0.15) is 32.1 Å². The smallest absolute Gasteiger partial charge is 0.326 e. The third-order valence-electron chi connectivity index (χ3n) is 4.09. The van der Waals surface area contributed by atoms with Gasteiger partial charge in [0.1, 0.15) is 6.04 Å². The van der Waals surface area contributed by atoms with Crippen LogP contribution in [-0.2, 0) is 9.59 Å². The minimum atomic E-state index is -0.985. The van der Waals surface area contributed by atoms with Gasteiger partial charge in [-0.2, -0.15) is 0 Å². The maximum absolute atomic E-state index is 12.0. The maximum atomic E-state index is 12.0. The Balaban J connectivity index is 1.91. The number of aliphatic carboxylic acids is 1. The number of carboxylic acids is 1. The fourth-order valence-corrected chi connectivity index (χ4v) is 3.23. The molecule has 0 aromatic heterocycles. The predicted molar refractivity (Wildman–Crippen MR) is 63.3 cm³/mol. The third-order valence-corrected chi connectivity index (χ3v) is 4.09. The Morgan fingerprint density at radius 3 is 2.65 bits per heavy atom. The topological polar surface area (TPSA) is 66.4 Å². The van der Waals surface area contributed by atoms with Gasteiger partial charge in [-0.25, -0.2) is 4.79 Å². The van der Waals surface area contributed by atoms with E-state index in [1.165, 1.54) is 12.5 Å². The average Bonchev–Trinajstić information content (AvgIpc) is 2.89. The highest BCUT2D eigenvalue weighted by molar-refractivity contribution is 5.85. The van der Waals surface area contributed by atoms with E-state index in [2.05, 4.69) is 11.9 Å². The van der Waals surface area contributed by atoms with Crippen molar-refractivity contribution in [1.29, 1.82) is 0 Å². The number of carbonyl (C=O) groups is 2. The lowest BCUT2D eigenvalue weighted by Crippen LogP contribution is -2.44. The molecule has 17 heavy (non-hydrogen) atoms. The van der Waals surface area contributed by atoms with Crippen molar-refractivity contribution in [3.05, 3.63) is 12.7 Å². The molecular weight excluding hydrogens is 218 g/mol. The highest BCUT2D eigenvalue weighted by Crippen LogP contribution is 2.48. The molecule has 2 bridgehead atoms. The monoisotopic (exact) mass is 237 g/mol. The zero-order valence-electron chi connectivity index (χ0n) is 9.89. The van der Waals surface area contributed by atoms with E-state index < -0.39 is 12.0 Å². The third kappa shape index (κ3) is 2.51. The lowest BCUT2D eigenvalue weighted by molar-refractivity contribution is -0.142. The summed E-state index contributed by atoms with van der Waals surface area (Å²) in [6.07, 6.45) is 6.27. The molecule has 0 radical (unpaired) electrons. The summed E-state index contributed by atoms with van der Waals surface area (Å²) in [7, 11) is 0. The number of hydrogen-bond acceptors (Lipinski definition) is 2. The van der Waals surface area contributed by atoms with Crippen LogP contribution in [0.2, 0.25) is 0 Å². The molecule has 94 valence electrons. The number of fused-ring (bicyclic) bond motifs is 2. The Bertz CT molecular complexity index is 340. The van der Waals surface area contributed by atoms with Crippen LogP contribution in [0.4, 0.5) is 0 Å². The summed E-state index contributed by atoms with van der Waals surface area (Å²) in [5.41, 5.74) is 0. The van der Waals surface area contributed by atoms with Crippen LogP contribution < -0.4 is 5.32 Å². The Labute approximate surface area is 101 Å². The van der Waals surface area contributed by atoms with Crippen molar-refractivity contribution in [2.24, 2.45) is 17.8 Å². The maximum Gasteiger partial charge on any atom is 0.326 e. The quantitative estimate of drug-likeness (QED) is 0.713. The molecule has 0 spiro atoms. The molecule has 0 aliphatic heterocycles. The Kier molecular flexibility index (Phi) is 3.50. The van der Waals surface area contributed by atoms with Gasteiger partial charge in [-0.05, 0) is 37.5 Å². The molecule has 2 aliphatic rings. The number of hydrogen-bond donors (Lipinski definition) is 2. The van der Waals surface area contributed by atoms with Gasteiger partial charge < -0.3 is 10.4 Å². The van der Waals surface area contributed by atoms with Gasteiger partial charge in [0.15, 0.2) is 0 Å². The van der Waals surface area contributed by atoms with Gasteiger partial charge >= 0.3 is 5.97 Å². The summed E-state index contributed by atoms with van der Waals surface area (Å²) in [6.45, 7) is 3.51. The van der Waals surface area contributed by atoms with E-state index in [-0.39, 0.29) is 18.2 Å². The zero-order chi connectivity index (χ0) is 12.4. The van der Waals surface area contributed by atoms with Crippen molar-refractivity contribution < 1.29 is 14.7 Å². The van der Waals surface area contributed by atoms with Crippen LogP contribution >= 0.6 is 0 Å². The van der Waals surface area contributed by atoms with Crippen molar-refractivity contribution in [2.75, 3.05) is 0 Å². The molecule has 2 rings (SSSR count). The van der Waals surface area contributed by atoms with Gasteiger partial charge in [-0.1, -0.05) is 12.5 Å². The number of amides is 1. The van der Waals surface area contributed by atoms with Gasteiger partial charge in [0, 0.05) is 5.92 Å². The number of rotatable bonds is 5. The molecule has 0 aromatic carbocycles. The number of carbonyl (C=O) groups excluding carboxylic acids is 1. The fraction of sp³-hybridized carbons (Fsp3) is 0.692. The van der Waals surface area contributed by atoms with Crippen molar-refractivity contribution in [1.82, 2.24) is 5.32 Å². The highest BCUT2D eigenvalue weighted by atomic mass is 16.4. The van der Waals surface area contributed by atoms with Crippen LogP contribution in [0.3, 0.4) is 0 Å². The second kappa shape index (κ2) is 4.90. The summed E-state index contributed by atoms with van der Waals surface area (Å²) in [6, 6.07) is -0.820. The van der Waals surface area contributed by atoms with E-state index in [0.717, 1.165) is 19.3 Å². The summed E-state index contributed by atoms with van der Waals surface area (Å²) in [5.74, 6) is 0.157. The molecule has 2 N–H and O–H groups in total. The normalized spacial score (nSPS) is 32.1. The lowest BCUT2D eigenvalue weighted by atomic mass is 9.88. The zero-order valence-corrected chi connectivity index (χ0v) is 9.89. The van der Waals surface area contributed by atoms with Crippen LogP contribution in [0.5, 0.6) is 0 Å². The second-order valence-electron chi connectivity index (χ2n) is 5.21. The van der Waals surface area contributed by atoms with Crippen LogP contribution in [0.25, 0.3) is 0 Å². The van der Waals surface area contributed by atoms with Crippen molar-refractivity contribution in [2.45, 2.75) is 38.1 Å². The highest BCUT2D eigenvalue weighted by Gasteiger charge is 2.43. The van der Waals surface area contributed by atoms with Gasteiger partial charge in [-0.3, -0.25) is 4.79 Å². The van der Waals surface area contributed by atoms with E-state index >= 15 is 0 Å². The van der Waals surface area contributed by atoms with Crippen LogP contribution in [0.15, 0.2) is 12.7 Å². The molecule has 2 fully saturated rings. The van der Waals surface area contributed by atoms with E-state index in [9.17, 15) is 9.59 Å². The predicted octanol–water partition coefficient (Wildman–Crippen LogP) is 1.57. The summed E-state index contributed by atoms with van der Waals surface area (Å²) < 4.78 is 0. The molecule has 4 atom stereocenters. The van der Waals surface area contributed by atoms with Crippen molar-refractivity contribution >= 4 is 11.9 Å². The standard InChI is InChI=1S/C13H19NO3/c1-2-3-11(13(16)17)14-12(15)10-7-8-4-5-9(10)6-8/h2,8-11H,1,3-7H2,(H,14,15)(H,16,17). The lowest BCUT2D eigenvalue weighted by Gasteiger charge is -2.22. The first-order valence-corrected chi connectivity index (χ1v) is 6.26. The van der Waals surface area contributed by atoms with Gasteiger partial charge in [0.2, 0.25) is 5.91 Å². The molecule has 2 saturated carbocycles. The van der Waals surface area contributed by atoms with E-state index in [1.54, 1.807) is 0 Å². The fourth-order valence-electron chi connectivity index (χ4n) is 3.23. The first kappa shape index (κ1) is 12.1. The van der Waals surface area contributed by atoms with E-state index in [4.69, 9.17) is 5.11 Å². The van der Waals surface area contributed by atoms with Gasteiger partial charge in [-0.15, -0.1) is 6.58 Å². The molecule has 4 nitrogen and oxygen atoms in total. The molecule has 0 saturated heterocycles. The van der Waals surface area contributed by atoms with Gasteiger partial charge in [0.05, 0.1) is 0 Å². The molecule has 1 amide bonds. The first-order chi connectivity index (χ1) is 8.11. The Hall–Kier alpha value is -1.32. The van der Waals surface area contributed by atoms with Crippen molar-refractivity contribution in [3.8, 4) is 0 Å². The molecule has 0 aromatic rings. The molecule has 4 unspecified atom stereocenters. The van der Waals surface area contributed by atoms with Gasteiger partial charge in [0.25, 0.3) is 0 Å². The number of carboxylic acid groups (broad SMARTS) is 1. The molecule has 2 aliphatic carbocycles. The van der Waals surface area contributed by atoms with E-state index in [0.29, 0.717) is 11.8 Å². The average molecular weight is 237 g/mol. The Morgan fingerprint density at radius 2 is 2.18 bits per heavy atom. The largest absolute Gasteiger partial charge is 0.480 e. The second-order valence-corrected chi connectivity index (χ2v) is 5.21. The van der Waals surface area contributed by atoms with E-state index in [1.807, 2.05) is 0 Å². The molecule has 0 heterocycles. The molecular formula is C13H19NO3. The Morgan fingerprint density at radius 1 is 1.41 bits per heavy atom. The first-order valence-electron chi connectivity index (χ1n) is 6.26. The minimum absolute atomic E-state index is 0.0421. The number of nitrogens with one attached hydrogen (secondary N) is 1. The molecule has 4 heteroatoms. The van der Waals surface area contributed by atoms with Crippen LogP contribution in [-0.4, -0.2) is 23.0 Å². The van der Waals surface area contributed by atoms with Crippen molar-refractivity contribution in [3.63, 3.8) is 0 Å². The summed E-state index contributed by atoms with van der Waals surface area (Å²) >= 11 is 0.